The average molecular weight is 441 g/mol. The number of para-hydroxylation sites is 1. The van der Waals surface area contributed by atoms with Crippen molar-refractivity contribution in [1.29, 1.82) is 0 Å². The highest BCUT2D eigenvalue weighted by Crippen LogP contribution is 2.48. The number of fused-ring (bicyclic) bond motifs is 4. The molecule has 3 aliphatic heterocycles. The number of ether oxygens (including phenoxy) is 1. The third kappa shape index (κ3) is 2.83. The predicted molar refractivity (Wildman–Crippen MR) is 115 cm³/mol. The highest BCUT2D eigenvalue weighted by Gasteiger charge is 2.62. The SMILES string of the molecule is COc1ccc(N2C(=O)NC(=O)[C@@]3(Cc4cccc(F)c4N4CCSC[C@H]43)C2=O)cc1. The zero-order chi connectivity index (χ0) is 21.8. The van der Waals surface area contributed by atoms with Crippen LogP contribution in [-0.2, 0) is 16.0 Å². The molecule has 5 rings (SSSR count). The van der Waals surface area contributed by atoms with Gasteiger partial charge < -0.3 is 9.64 Å². The van der Waals surface area contributed by atoms with Crippen LogP contribution < -0.4 is 19.9 Å². The second-order valence-electron chi connectivity index (χ2n) is 7.78. The van der Waals surface area contributed by atoms with Crippen molar-refractivity contribution in [2.24, 2.45) is 5.41 Å². The van der Waals surface area contributed by atoms with Crippen molar-refractivity contribution < 1.29 is 23.5 Å². The lowest BCUT2D eigenvalue weighted by atomic mass is 9.68. The molecule has 2 aromatic carbocycles. The second kappa shape index (κ2) is 7.26. The molecule has 0 aromatic heterocycles. The number of carbonyl (C=O) groups is 3. The first-order valence-corrected chi connectivity index (χ1v) is 11.1. The number of hydrogen-bond acceptors (Lipinski definition) is 6. The number of nitrogens with zero attached hydrogens (tertiary/aromatic N) is 2. The minimum absolute atomic E-state index is 0.0341. The molecule has 0 aliphatic carbocycles. The Morgan fingerprint density at radius 1 is 1.16 bits per heavy atom. The quantitative estimate of drug-likeness (QED) is 0.722. The number of hydrogen-bond donors (Lipinski definition) is 1. The van der Waals surface area contributed by atoms with Crippen LogP contribution in [0.3, 0.4) is 0 Å². The van der Waals surface area contributed by atoms with Crippen LogP contribution in [-0.4, -0.2) is 49.0 Å². The zero-order valence-electron chi connectivity index (χ0n) is 16.8. The molecule has 1 spiro atoms. The molecule has 3 aliphatic rings. The van der Waals surface area contributed by atoms with Gasteiger partial charge in [0, 0.05) is 18.1 Å². The number of thioether (sulfide) groups is 1. The van der Waals surface area contributed by atoms with E-state index in [1.807, 2.05) is 4.90 Å². The van der Waals surface area contributed by atoms with Crippen LogP contribution in [0.2, 0.25) is 0 Å². The van der Waals surface area contributed by atoms with E-state index in [-0.39, 0.29) is 12.2 Å². The number of nitrogens with one attached hydrogen (secondary N) is 1. The highest BCUT2D eigenvalue weighted by atomic mass is 32.2. The Kier molecular flexibility index (Phi) is 4.65. The van der Waals surface area contributed by atoms with Crippen LogP contribution in [0.5, 0.6) is 5.75 Å². The summed E-state index contributed by atoms with van der Waals surface area (Å²) in [5.74, 6) is 0.250. The molecule has 31 heavy (non-hydrogen) atoms. The van der Waals surface area contributed by atoms with Crippen LogP contribution in [0, 0.1) is 11.2 Å². The van der Waals surface area contributed by atoms with Gasteiger partial charge in [0.2, 0.25) is 5.91 Å². The van der Waals surface area contributed by atoms with Gasteiger partial charge in [-0.15, -0.1) is 0 Å². The number of halogens is 1. The summed E-state index contributed by atoms with van der Waals surface area (Å²) >= 11 is 1.62. The predicted octanol–water partition coefficient (Wildman–Crippen LogP) is 2.58. The highest BCUT2D eigenvalue weighted by molar-refractivity contribution is 7.99. The van der Waals surface area contributed by atoms with Gasteiger partial charge >= 0.3 is 6.03 Å². The monoisotopic (exact) mass is 441 g/mol. The van der Waals surface area contributed by atoms with E-state index in [0.29, 0.717) is 35.0 Å². The number of benzene rings is 2. The summed E-state index contributed by atoms with van der Waals surface area (Å²) in [6.45, 7) is 0.516. The van der Waals surface area contributed by atoms with E-state index < -0.39 is 29.3 Å². The second-order valence-corrected chi connectivity index (χ2v) is 8.93. The molecule has 160 valence electrons. The molecular formula is C22H20FN3O4S. The van der Waals surface area contributed by atoms with Crippen LogP contribution in [0.1, 0.15) is 5.56 Å². The van der Waals surface area contributed by atoms with Crippen molar-refractivity contribution in [3.05, 3.63) is 53.8 Å². The summed E-state index contributed by atoms with van der Waals surface area (Å²) in [5.41, 5.74) is -0.139. The number of anilines is 2. The van der Waals surface area contributed by atoms with Gasteiger partial charge in [0.15, 0.2) is 5.41 Å². The summed E-state index contributed by atoms with van der Waals surface area (Å²) in [7, 11) is 1.52. The number of carbonyl (C=O) groups excluding carboxylic acids is 3. The normalized spacial score (nSPS) is 25.2. The van der Waals surface area contributed by atoms with E-state index in [4.69, 9.17) is 4.74 Å². The van der Waals surface area contributed by atoms with Crippen molar-refractivity contribution in [3.63, 3.8) is 0 Å². The number of barbiturate groups is 1. The van der Waals surface area contributed by atoms with E-state index in [0.717, 1.165) is 10.7 Å². The lowest BCUT2D eigenvalue weighted by Crippen LogP contribution is -2.73. The molecule has 9 heteroatoms. The van der Waals surface area contributed by atoms with Crippen molar-refractivity contribution in [2.75, 3.05) is 35.0 Å². The van der Waals surface area contributed by atoms with Crippen molar-refractivity contribution >= 4 is 41.0 Å². The maximum Gasteiger partial charge on any atom is 0.335 e. The lowest BCUT2D eigenvalue weighted by molar-refractivity contribution is -0.144. The Labute approximate surface area is 182 Å². The smallest absolute Gasteiger partial charge is 0.335 e. The maximum absolute atomic E-state index is 14.8. The van der Waals surface area contributed by atoms with Gasteiger partial charge in [-0.2, -0.15) is 11.8 Å². The molecule has 0 radical (unpaired) electrons. The van der Waals surface area contributed by atoms with E-state index in [1.165, 1.54) is 13.2 Å². The van der Waals surface area contributed by atoms with E-state index in [2.05, 4.69) is 5.32 Å². The molecule has 3 heterocycles. The van der Waals surface area contributed by atoms with Crippen molar-refractivity contribution in [3.8, 4) is 5.75 Å². The average Bonchev–Trinajstić information content (AvgIpc) is 2.78. The van der Waals surface area contributed by atoms with Gasteiger partial charge in [-0.25, -0.2) is 14.1 Å². The van der Waals surface area contributed by atoms with Gasteiger partial charge in [0.1, 0.15) is 11.6 Å². The first kappa shape index (κ1) is 19.9. The van der Waals surface area contributed by atoms with Gasteiger partial charge in [-0.3, -0.25) is 14.9 Å². The molecular weight excluding hydrogens is 421 g/mol. The fraction of sp³-hybridized carbons (Fsp3) is 0.318. The number of methoxy groups -OCH3 is 1. The van der Waals surface area contributed by atoms with Crippen molar-refractivity contribution in [1.82, 2.24) is 5.32 Å². The number of amides is 4. The number of urea groups is 1. The largest absolute Gasteiger partial charge is 0.497 e. The number of rotatable bonds is 2. The standard InChI is InChI=1S/C22H20FN3O4S/c1-30-15-7-5-14(6-8-15)26-20(28)22(19(27)24-21(26)29)11-13-3-2-4-16(23)18(13)25-9-10-31-12-17(22)25/h2-8,17H,9-12H2,1H3,(H,24,27,29)/t17-,22-/m0/s1. The molecule has 2 fully saturated rings. The van der Waals surface area contributed by atoms with Gasteiger partial charge in [-0.05, 0) is 42.3 Å². The molecule has 2 aromatic rings. The van der Waals surface area contributed by atoms with E-state index >= 15 is 0 Å². The summed E-state index contributed by atoms with van der Waals surface area (Å²) in [6.07, 6.45) is 0.0341. The molecule has 0 saturated carbocycles. The fourth-order valence-corrected chi connectivity index (χ4v) is 5.97. The van der Waals surface area contributed by atoms with Gasteiger partial charge in [0.05, 0.1) is 24.5 Å². The molecule has 0 bridgehead atoms. The molecule has 1 N–H and O–H groups in total. The summed E-state index contributed by atoms with van der Waals surface area (Å²) in [6, 6.07) is 9.87. The summed E-state index contributed by atoms with van der Waals surface area (Å²) in [4.78, 5) is 42.8. The zero-order valence-corrected chi connectivity index (χ0v) is 17.6. The minimum atomic E-state index is -1.53. The molecule has 0 unspecified atom stereocenters. The van der Waals surface area contributed by atoms with Gasteiger partial charge in [0.25, 0.3) is 5.91 Å². The summed E-state index contributed by atoms with van der Waals surface area (Å²) < 4.78 is 19.9. The minimum Gasteiger partial charge on any atom is -0.497 e. The topological polar surface area (TPSA) is 79.0 Å². The summed E-state index contributed by atoms with van der Waals surface area (Å²) in [5, 5.41) is 2.39. The Morgan fingerprint density at radius 3 is 2.68 bits per heavy atom. The fourth-order valence-electron chi connectivity index (χ4n) is 4.79. The van der Waals surface area contributed by atoms with Crippen LogP contribution in [0.25, 0.3) is 0 Å². The van der Waals surface area contributed by atoms with E-state index in [1.54, 1.807) is 48.2 Å². The Hall–Kier alpha value is -3.07. The van der Waals surface area contributed by atoms with Crippen LogP contribution >= 0.6 is 11.8 Å². The first-order chi connectivity index (χ1) is 15.0. The Balaban J connectivity index is 1.64. The molecule has 7 nitrogen and oxygen atoms in total. The van der Waals surface area contributed by atoms with Crippen molar-refractivity contribution in [2.45, 2.75) is 12.5 Å². The molecule has 4 amide bonds. The Morgan fingerprint density at radius 2 is 1.94 bits per heavy atom. The van der Waals surface area contributed by atoms with Gasteiger partial charge in [-0.1, -0.05) is 12.1 Å². The maximum atomic E-state index is 14.8. The molecule has 2 saturated heterocycles. The first-order valence-electron chi connectivity index (χ1n) is 9.93. The Bertz CT molecular complexity index is 1090. The van der Waals surface area contributed by atoms with Crippen LogP contribution in [0.4, 0.5) is 20.6 Å². The third-order valence-corrected chi connectivity index (χ3v) is 7.29. The van der Waals surface area contributed by atoms with E-state index in [9.17, 15) is 18.8 Å². The number of imide groups is 2. The van der Waals surface area contributed by atoms with Crippen LogP contribution in [0.15, 0.2) is 42.5 Å². The third-order valence-electron chi connectivity index (χ3n) is 6.27. The lowest BCUT2D eigenvalue weighted by Gasteiger charge is -2.53. The molecule has 2 atom stereocenters.